The summed E-state index contributed by atoms with van der Waals surface area (Å²) in [6.45, 7) is 4.63. The average molecular weight is 174 g/mol. The molecular formula is C13H18. The maximum atomic E-state index is 2.45. The molecule has 1 atom stereocenters. The van der Waals surface area contributed by atoms with Crippen LogP contribution < -0.4 is 0 Å². The van der Waals surface area contributed by atoms with Crippen molar-refractivity contribution in [3.8, 4) is 0 Å². The molecule has 2 rings (SSSR count). The molecule has 0 amide bonds. The predicted octanol–water partition coefficient (Wildman–Crippen LogP) is 3.87. The summed E-state index contributed by atoms with van der Waals surface area (Å²) in [7, 11) is 0. The molecule has 0 N–H and O–H groups in total. The Kier molecular flexibility index (Phi) is 2.39. The van der Waals surface area contributed by atoms with Gasteiger partial charge in [-0.25, -0.2) is 0 Å². The summed E-state index contributed by atoms with van der Waals surface area (Å²) in [5.41, 5.74) is 3.20. The van der Waals surface area contributed by atoms with Gasteiger partial charge >= 0.3 is 0 Å². The zero-order valence-electron chi connectivity index (χ0n) is 8.59. The Morgan fingerprint density at radius 2 is 2.00 bits per heavy atom. The molecule has 0 aromatic rings. The summed E-state index contributed by atoms with van der Waals surface area (Å²) >= 11 is 0. The van der Waals surface area contributed by atoms with Crippen LogP contribution >= 0.6 is 0 Å². The summed E-state index contributed by atoms with van der Waals surface area (Å²) in [6.07, 6.45) is 13.2. The number of hydrogen-bond donors (Lipinski definition) is 0. The topological polar surface area (TPSA) is 0 Å². The number of allylic oxidation sites excluding steroid dienone is 6. The first-order chi connectivity index (χ1) is 6.29. The van der Waals surface area contributed by atoms with E-state index in [-0.39, 0.29) is 0 Å². The van der Waals surface area contributed by atoms with Gasteiger partial charge in [0.05, 0.1) is 0 Å². The van der Waals surface area contributed by atoms with Crippen LogP contribution in [-0.2, 0) is 0 Å². The second kappa shape index (κ2) is 3.53. The first-order valence-electron chi connectivity index (χ1n) is 5.35. The molecule has 0 heteroatoms. The Morgan fingerprint density at radius 3 is 2.77 bits per heavy atom. The monoisotopic (exact) mass is 174 g/mol. The van der Waals surface area contributed by atoms with Gasteiger partial charge in [0, 0.05) is 5.92 Å². The van der Waals surface area contributed by atoms with Gasteiger partial charge < -0.3 is 0 Å². The summed E-state index contributed by atoms with van der Waals surface area (Å²) in [5, 5.41) is 0. The van der Waals surface area contributed by atoms with Crippen LogP contribution in [0.25, 0.3) is 0 Å². The largest absolute Gasteiger partial charge is 0.0835 e. The molecule has 0 saturated heterocycles. The standard InChI is InChI=1S/C13H18/c1-10(2)12-9-5-7-11-6-3-4-8-13(11)12/h5-6,8-10,12H,3-4,7H2,1-2H3. The molecule has 1 unspecified atom stereocenters. The van der Waals surface area contributed by atoms with Crippen molar-refractivity contribution in [1.29, 1.82) is 0 Å². The van der Waals surface area contributed by atoms with E-state index in [1.54, 1.807) is 11.1 Å². The van der Waals surface area contributed by atoms with E-state index < -0.39 is 0 Å². The van der Waals surface area contributed by atoms with Crippen molar-refractivity contribution in [1.82, 2.24) is 0 Å². The quantitative estimate of drug-likeness (QED) is 0.529. The average Bonchev–Trinajstić information content (AvgIpc) is 2.17. The van der Waals surface area contributed by atoms with Crippen molar-refractivity contribution in [2.75, 3.05) is 0 Å². The van der Waals surface area contributed by atoms with E-state index in [2.05, 4.69) is 38.2 Å². The molecule has 70 valence electrons. The van der Waals surface area contributed by atoms with E-state index in [9.17, 15) is 0 Å². The van der Waals surface area contributed by atoms with Crippen LogP contribution in [0.15, 0.2) is 35.5 Å². The molecule has 13 heavy (non-hydrogen) atoms. The van der Waals surface area contributed by atoms with E-state index in [4.69, 9.17) is 0 Å². The second-order valence-electron chi connectivity index (χ2n) is 4.37. The lowest BCUT2D eigenvalue weighted by molar-refractivity contribution is 0.517. The van der Waals surface area contributed by atoms with Crippen LogP contribution in [0.2, 0.25) is 0 Å². The summed E-state index contributed by atoms with van der Waals surface area (Å²) in [6, 6.07) is 0. The van der Waals surface area contributed by atoms with E-state index in [0.29, 0.717) is 5.92 Å². The highest BCUT2D eigenvalue weighted by Gasteiger charge is 2.22. The molecular weight excluding hydrogens is 156 g/mol. The number of hydrogen-bond acceptors (Lipinski definition) is 0. The minimum absolute atomic E-state index is 0.681. The minimum atomic E-state index is 0.681. The lowest BCUT2D eigenvalue weighted by Crippen LogP contribution is -2.15. The third kappa shape index (κ3) is 1.63. The van der Waals surface area contributed by atoms with Gasteiger partial charge in [-0.05, 0) is 36.3 Å². The molecule has 0 bridgehead atoms. The van der Waals surface area contributed by atoms with Gasteiger partial charge in [-0.3, -0.25) is 0 Å². The molecule has 0 spiro atoms. The number of fused-ring (bicyclic) bond motifs is 1. The summed E-state index contributed by atoms with van der Waals surface area (Å²) in [4.78, 5) is 0. The molecule has 0 aromatic heterocycles. The van der Waals surface area contributed by atoms with Gasteiger partial charge in [0.15, 0.2) is 0 Å². The first kappa shape index (κ1) is 8.80. The molecule has 0 radical (unpaired) electrons. The minimum Gasteiger partial charge on any atom is -0.0835 e. The lowest BCUT2D eigenvalue weighted by atomic mass is 9.77. The van der Waals surface area contributed by atoms with Gasteiger partial charge in [-0.1, -0.05) is 38.2 Å². The van der Waals surface area contributed by atoms with Crippen molar-refractivity contribution in [3.63, 3.8) is 0 Å². The molecule has 2 aliphatic carbocycles. The molecule has 0 heterocycles. The molecule has 0 fully saturated rings. The second-order valence-corrected chi connectivity index (χ2v) is 4.37. The van der Waals surface area contributed by atoms with Crippen LogP contribution in [0.3, 0.4) is 0 Å². The molecule has 0 nitrogen and oxygen atoms in total. The van der Waals surface area contributed by atoms with Crippen LogP contribution in [0.5, 0.6) is 0 Å². The van der Waals surface area contributed by atoms with Gasteiger partial charge in [-0.15, -0.1) is 0 Å². The van der Waals surface area contributed by atoms with E-state index in [1.807, 2.05) is 0 Å². The fourth-order valence-corrected chi connectivity index (χ4v) is 2.32. The Morgan fingerprint density at radius 1 is 1.23 bits per heavy atom. The maximum Gasteiger partial charge on any atom is 0.00406 e. The predicted molar refractivity (Wildman–Crippen MR) is 57.5 cm³/mol. The fraction of sp³-hybridized carbons (Fsp3) is 0.538. The van der Waals surface area contributed by atoms with Crippen molar-refractivity contribution in [3.05, 3.63) is 35.5 Å². The zero-order chi connectivity index (χ0) is 9.26. The highest BCUT2D eigenvalue weighted by atomic mass is 14.3. The summed E-state index contributed by atoms with van der Waals surface area (Å²) < 4.78 is 0. The smallest absolute Gasteiger partial charge is 0.00406 e. The molecule has 2 aliphatic rings. The van der Waals surface area contributed by atoms with Crippen LogP contribution in [0.1, 0.15) is 33.1 Å². The third-order valence-electron chi connectivity index (χ3n) is 3.05. The van der Waals surface area contributed by atoms with Gasteiger partial charge in [0.1, 0.15) is 0 Å². The highest BCUT2D eigenvalue weighted by molar-refractivity contribution is 5.42. The van der Waals surface area contributed by atoms with Crippen LogP contribution in [0, 0.1) is 11.8 Å². The normalized spacial score (nSPS) is 26.8. The maximum absolute atomic E-state index is 2.45. The molecule has 0 saturated carbocycles. The van der Waals surface area contributed by atoms with Crippen molar-refractivity contribution < 1.29 is 0 Å². The lowest BCUT2D eigenvalue weighted by Gasteiger charge is -2.28. The Bertz CT molecular complexity index is 276. The van der Waals surface area contributed by atoms with E-state index in [1.165, 1.54) is 12.8 Å². The van der Waals surface area contributed by atoms with Gasteiger partial charge in [-0.2, -0.15) is 0 Å². The molecule has 0 aromatic carbocycles. The Balaban J connectivity index is 2.30. The van der Waals surface area contributed by atoms with E-state index in [0.717, 1.165) is 12.3 Å². The Hall–Kier alpha value is -0.780. The van der Waals surface area contributed by atoms with Crippen molar-refractivity contribution in [2.24, 2.45) is 11.8 Å². The first-order valence-corrected chi connectivity index (χ1v) is 5.35. The van der Waals surface area contributed by atoms with Crippen LogP contribution in [-0.4, -0.2) is 0 Å². The van der Waals surface area contributed by atoms with Gasteiger partial charge in [0.2, 0.25) is 0 Å². The fourth-order valence-electron chi connectivity index (χ4n) is 2.32. The zero-order valence-corrected chi connectivity index (χ0v) is 8.59. The number of rotatable bonds is 1. The SMILES string of the molecule is CC(C)C1C=CCC2=CCCC=C21. The Labute approximate surface area is 81.0 Å². The van der Waals surface area contributed by atoms with Crippen LogP contribution in [0.4, 0.5) is 0 Å². The van der Waals surface area contributed by atoms with Crippen molar-refractivity contribution in [2.45, 2.75) is 33.1 Å². The van der Waals surface area contributed by atoms with Gasteiger partial charge in [0.25, 0.3) is 0 Å². The van der Waals surface area contributed by atoms with Crippen molar-refractivity contribution >= 4 is 0 Å². The molecule has 0 aliphatic heterocycles. The van der Waals surface area contributed by atoms with E-state index >= 15 is 0 Å². The highest BCUT2D eigenvalue weighted by Crippen LogP contribution is 2.36. The summed E-state index contributed by atoms with van der Waals surface area (Å²) in [5.74, 6) is 1.42. The third-order valence-corrected chi connectivity index (χ3v) is 3.05.